The van der Waals surface area contributed by atoms with Gasteiger partial charge in [0.1, 0.15) is 17.4 Å². The van der Waals surface area contributed by atoms with Crippen LogP contribution in [-0.2, 0) is 9.53 Å². The monoisotopic (exact) mass is 605 g/mol. The Morgan fingerprint density at radius 2 is 1.79 bits per heavy atom. The van der Waals surface area contributed by atoms with Crippen LogP contribution in [0.4, 0.5) is 19.6 Å². The molecule has 1 aromatic carbocycles. The maximum absolute atomic E-state index is 13.8. The summed E-state index contributed by atoms with van der Waals surface area (Å²) >= 11 is 0. The topological polar surface area (TPSA) is 110 Å². The average molecular weight is 606 g/mol. The second kappa shape index (κ2) is 13.5. The third-order valence-electron chi connectivity index (χ3n) is 8.01. The number of amides is 2. The molecule has 2 aliphatic heterocycles. The largest absolute Gasteiger partial charge is 0.494 e. The van der Waals surface area contributed by atoms with Crippen LogP contribution in [0.25, 0.3) is 0 Å². The fourth-order valence-corrected chi connectivity index (χ4v) is 5.42. The molecule has 2 aliphatic rings. The van der Waals surface area contributed by atoms with E-state index in [0.29, 0.717) is 35.8 Å². The number of halogens is 2. The van der Waals surface area contributed by atoms with Crippen molar-refractivity contribution in [1.82, 2.24) is 20.4 Å². The molecule has 0 bridgehead atoms. The lowest BCUT2D eigenvalue weighted by atomic mass is 9.84. The van der Waals surface area contributed by atoms with Crippen LogP contribution in [0.5, 0.6) is 5.75 Å². The number of carbonyl (C=O) groups is 2. The summed E-state index contributed by atoms with van der Waals surface area (Å²) in [5.74, 6) is -0.922. The van der Waals surface area contributed by atoms with E-state index >= 15 is 0 Å². The van der Waals surface area contributed by atoms with E-state index in [4.69, 9.17) is 14.0 Å². The van der Waals surface area contributed by atoms with E-state index < -0.39 is 42.5 Å². The van der Waals surface area contributed by atoms with E-state index in [9.17, 15) is 18.4 Å². The lowest BCUT2D eigenvalue weighted by Gasteiger charge is -2.33. The lowest BCUT2D eigenvalue weighted by Crippen LogP contribution is -2.44. The van der Waals surface area contributed by atoms with E-state index in [1.807, 2.05) is 13.8 Å². The zero-order chi connectivity index (χ0) is 31.4. The molecule has 2 saturated heterocycles. The van der Waals surface area contributed by atoms with Crippen LogP contribution < -0.4 is 15.0 Å². The van der Waals surface area contributed by atoms with Crippen molar-refractivity contribution in [1.29, 1.82) is 0 Å². The van der Waals surface area contributed by atoms with E-state index in [1.54, 1.807) is 45.0 Å². The first kappa shape index (κ1) is 32.5. The highest BCUT2D eigenvalue weighted by molar-refractivity contribution is 5.87. The van der Waals surface area contributed by atoms with Crippen LogP contribution in [0, 0.1) is 11.8 Å². The Hall–Kier alpha value is -3.44. The quantitative estimate of drug-likeness (QED) is 0.354. The van der Waals surface area contributed by atoms with E-state index in [-0.39, 0.29) is 12.5 Å². The van der Waals surface area contributed by atoms with Gasteiger partial charge < -0.3 is 29.1 Å². The summed E-state index contributed by atoms with van der Waals surface area (Å²) in [7, 11) is 0. The Labute approximate surface area is 252 Å². The molecule has 0 spiro atoms. The molecular formula is C31H45F2N5O5. The first-order valence-electron chi connectivity index (χ1n) is 15.2. The Bertz CT molecular complexity index is 1220. The van der Waals surface area contributed by atoms with E-state index in [0.717, 1.165) is 43.1 Å². The summed E-state index contributed by atoms with van der Waals surface area (Å²) in [5, 5.41) is 6.64. The number of ether oxygens (including phenoxy) is 2. The van der Waals surface area contributed by atoms with Gasteiger partial charge in [0.2, 0.25) is 5.91 Å². The number of aromatic nitrogens is 2. The second-order valence-corrected chi connectivity index (χ2v) is 13.0. The number of hydrogen-bond donors (Lipinski definition) is 1. The SMILES string of the molecule is CC(C)c1noc(N2CCC([C@H](C)CCOc3ccc([C@H](NC(=O)OC(C)(C)C)C(=O)N4CCC(F)(F)C4)cc3)CC2)n1. The van der Waals surface area contributed by atoms with Crippen LogP contribution in [0.2, 0.25) is 0 Å². The number of hydrogen-bond acceptors (Lipinski definition) is 8. The number of nitrogens with zero attached hydrogens (tertiary/aromatic N) is 4. The summed E-state index contributed by atoms with van der Waals surface area (Å²) in [5.41, 5.74) is -0.323. The van der Waals surface area contributed by atoms with Crippen LogP contribution in [0.1, 0.15) is 90.6 Å². The van der Waals surface area contributed by atoms with Crippen molar-refractivity contribution in [3.63, 3.8) is 0 Å². The molecule has 12 heteroatoms. The minimum atomic E-state index is -2.94. The molecule has 43 heavy (non-hydrogen) atoms. The van der Waals surface area contributed by atoms with Gasteiger partial charge in [-0.2, -0.15) is 4.98 Å². The molecule has 0 saturated carbocycles. The minimum Gasteiger partial charge on any atom is -0.494 e. The Kier molecular flexibility index (Phi) is 10.2. The number of rotatable bonds is 10. The van der Waals surface area contributed by atoms with Crippen molar-refractivity contribution < 1.29 is 32.4 Å². The highest BCUT2D eigenvalue weighted by Gasteiger charge is 2.42. The number of alkyl halides is 2. The van der Waals surface area contributed by atoms with E-state index in [2.05, 4.69) is 27.3 Å². The number of nitrogens with one attached hydrogen (secondary N) is 1. The Morgan fingerprint density at radius 3 is 2.35 bits per heavy atom. The fourth-order valence-electron chi connectivity index (χ4n) is 5.42. The smallest absolute Gasteiger partial charge is 0.408 e. The molecule has 1 N–H and O–H groups in total. The third kappa shape index (κ3) is 9.03. The van der Waals surface area contributed by atoms with Gasteiger partial charge in [0.15, 0.2) is 5.82 Å². The summed E-state index contributed by atoms with van der Waals surface area (Å²) in [4.78, 5) is 33.5. The molecule has 0 unspecified atom stereocenters. The lowest BCUT2D eigenvalue weighted by molar-refractivity contribution is -0.134. The standard InChI is InChI=1S/C31H45F2N5O5/c1-20(2)26-35-28(43-36-26)37-15-11-22(12-16-37)21(3)13-18-41-24-9-7-23(8-10-24)25(34-29(40)42-30(4,5)6)27(39)38-17-14-31(32,33)19-38/h7-10,20-22,25H,11-19H2,1-6H3,(H,34,40)/t21-,25+/m1/s1. The molecule has 10 nitrogen and oxygen atoms in total. The van der Waals surface area contributed by atoms with Crippen LogP contribution in [-0.4, -0.2) is 71.4 Å². The molecule has 0 radical (unpaired) electrons. The maximum Gasteiger partial charge on any atom is 0.408 e. The molecule has 3 heterocycles. The number of piperidine rings is 1. The second-order valence-electron chi connectivity index (χ2n) is 13.0. The van der Waals surface area contributed by atoms with Gasteiger partial charge in [-0.15, -0.1) is 0 Å². The summed E-state index contributed by atoms with van der Waals surface area (Å²) in [6.07, 6.45) is 1.76. The highest BCUT2D eigenvalue weighted by Crippen LogP contribution is 2.31. The van der Waals surface area contributed by atoms with Crippen molar-refractivity contribution in [2.24, 2.45) is 11.8 Å². The van der Waals surface area contributed by atoms with Gasteiger partial charge in [0, 0.05) is 32.0 Å². The van der Waals surface area contributed by atoms with Crippen LogP contribution >= 0.6 is 0 Å². The molecule has 0 aliphatic carbocycles. The van der Waals surface area contributed by atoms with Gasteiger partial charge in [-0.25, -0.2) is 13.6 Å². The number of carbonyl (C=O) groups excluding carboxylic acids is 2. The Morgan fingerprint density at radius 1 is 1.12 bits per heavy atom. The molecule has 1 aromatic heterocycles. The van der Waals surface area contributed by atoms with Crippen molar-refractivity contribution in [3.8, 4) is 5.75 Å². The normalized spacial score (nSPS) is 18.9. The molecule has 2 aromatic rings. The van der Waals surface area contributed by atoms with Crippen LogP contribution in [0.3, 0.4) is 0 Å². The summed E-state index contributed by atoms with van der Waals surface area (Å²) in [6, 6.07) is 6.24. The predicted octanol–water partition coefficient (Wildman–Crippen LogP) is 5.95. The van der Waals surface area contributed by atoms with Gasteiger partial charge in [-0.3, -0.25) is 4.79 Å². The van der Waals surface area contributed by atoms with Gasteiger partial charge in [0.25, 0.3) is 5.92 Å². The minimum absolute atomic E-state index is 0.0766. The molecular weight excluding hydrogens is 560 g/mol. The zero-order valence-corrected chi connectivity index (χ0v) is 26.1. The van der Waals surface area contributed by atoms with Gasteiger partial charge in [-0.05, 0) is 69.6 Å². The third-order valence-corrected chi connectivity index (χ3v) is 8.01. The van der Waals surface area contributed by atoms with Gasteiger partial charge >= 0.3 is 12.1 Å². The fraction of sp³-hybridized carbons (Fsp3) is 0.677. The van der Waals surface area contributed by atoms with Crippen molar-refractivity contribution >= 4 is 18.0 Å². The van der Waals surface area contributed by atoms with Gasteiger partial charge in [0.05, 0.1) is 13.2 Å². The number of alkyl carbamates (subject to hydrolysis) is 1. The molecule has 2 amide bonds. The zero-order valence-electron chi connectivity index (χ0n) is 26.1. The number of benzene rings is 1. The Balaban J connectivity index is 1.29. The van der Waals surface area contributed by atoms with Crippen molar-refractivity contribution in [3.05, 3.63) is 35.7 Å². The summed E-state index contributed by atoms with van der Waals surface area (Å²) in [6.45, 7) is 13.0. The molecule has 238 valence electrons. The predicted molar refractivity (Wildman–Crippen MR) is 157 cm³/mol. The summed E-state index contributed by atoms with van der Waals surface area (Å²) < 4.78 is 44.4. The van der Waals surface area contributed by atoms with E-state index in [1.165, 1.54) is 0 Å². The van der Waals surface area contributed by atoms with Crippen molar-refractivity contribution in [2.75, 3.05) is 37.7 Å². The first-order valence-corrected chi connectivity index (χ1v) is 15.2. The number of anilines is 1. The highest BCUT2D eigenvalue weighted by atomic mass is 19.3. The molecule has 4 rings (SSSR count). The maximum atomic E-state index is 13.8. The van der Waals surface area contributed by atoms with Gasteiger partial charge in [-0.1, -0.05) is 38.1 Å². The molecule has 2 atom stereocenters. The molecule has 2 fully saturated rings. The number of likely N-dealkylation sites (tertiary alicyclic amines) is 1. The average Bonchev–Trinajstić information content (AvgIpc) is 3.58. The van der Waals surface area contributed by atoms with Crippen molar-refractivity contribution in [2.45, 2.75) is 90.7 Å². The van der Waals surface area contributed by atoms with Crippen LogP contribution in [0.15, 0.2) is 28.8 Å². The first-order chi connectivity index (χ1) is 20.2.